The summed E-state index contributed by atoms with van der Waals surface area (Å²) in [6.07, 6.45) is 0. The van der Waals surface area contributed by atoms with Gasteiger partial charge in [-0.3, -0.25) is 9.80 Å². The van der Waals surface area contributed by atoms with Crippen LogP contribution < -0.4 is 4.74 Å². The summed E-state index contributed by atoms with van der Waals surface area (Å²) in [6.45, 7) is 7.48. The van der Waals surface area contributed by atoms with E-state index >= 15 is 0 Å². The molecule has 29 heavy (non-hydrogen) atoms. The maximum absolute atomic E-state index is 13.1. The van der Waals surface area contributed by atoms with Crippen LogP contribution in [0.3, 0.4) is 0 Å². The van der Waals surface area contributed by atoms with E-state index in [9.17, 15) is 4.39 Å². The molecule has 6 nitrogen and oxygen atoms in total. The Bertz CT molecular complexity index is 893. The van der Waals surface area contributed by atoms with Gasteiger partial charge in [-0.1, -0.05) is 18.2 Å². The van der Waals surface area contributed by atoms with Crippen LogP contribution >= 0.6 is 0 Å². The molecule has 1 saturated heterocycles. The van der Waals surface area contributed by atoms with Crippen LogP contribution in [0.4, 0.5) is 4.39 Å². The molecule has 4 rings (SSSR count). The summed E-state index contributed by atoms with van der Waals surface area (Å²) in [5, 5.41) is 8.33. The van der Waals surface area contributed by atoms with Gasteiger partial charge in [0.15, 0.2) is 0 Å². The van der Waals surface area contributed by atoms with E-state index < -0.39 is 0 Å². The molecule has 1 atom stereocenters. The predicted octanol–water partition coefficient (Wildman–Crippen LogP) is 3.63. The summed E-state index contributed by atoms with van der Waals surface area (Å²) in [7, 11) is 0. The zero-order valence-corrected chi connectivity index (χ0v) is 16.5. The summed E-state index contributed by atoms with van der Waals surface area (Å²) in [4.78, 5) is 4.75. The Kier molecular flexibility index (Phi) is 6.17. The Balaban J connectivity index is 1.26. The van der Waals surface area contributed by atoms with Crippen LogP contribution in [-0.4, -0.2) is 59.3 Å². The van der Waals surface area contributed by atoms with Gasteiger partial charge < -0.3 is 9.15 Å². The first-order valence-electron chi connectivity index (χ1n) is 9.92. The minimum absolute atomic E-state index is 0.0411. The minimum atomic E-state index is -0.283. The van der Waals surface area contributed by atoms with Crippen LogP contribution in [0, 0.1) is 5.82 Å². The van der Waals surface area contributed by atoms with E-state index in [0.717, 1.165) is 44.0 Å². The standard InChI is InChI=1S/C22H25FN4O2/c1-17(21-24-25-22(29-21)18-7-9-19(23)10-8-18)27-13-11-26(12-14-27)15-16-28-20-5-3-2-4-6-20/h2-10,17H,11-16H2,1H3/t17-/m0/s1. The quantitative estimate of drug-likeness (QED) is 0.608. The highest BCUT2D eigenvalue weighted by Gasteiger charge is 2.25. The van der Waals surface area contributed by atoms with Crippen molar-refractivity contribution < 1.29 is 13.5 Å². The van der Waals surface area contributed by atoms with E-state index in [1.807, 2.05) is 30.3 Å². The number of nitrogens with zero attached hydrogens (tertiary/aromatic N) is 4. The Morgan fingerprint density at radius 2 is 1.72 bits per heavy atom. The van der Waals surface area contributed by atoms with E-state index in [2.05, 4.69) is 26.9 Å². The van der Waals surface area contributed by atoms with Crippen LogP contribution in [-0.2, 0) is 0 Å². The van der Waals surface area contributed by atoms with Gasteiger partial charge in [0, 0.05) is 38.3 Å². The number of halogens is 1. The number of piperazine rings is 1. The fourth-order valence-corrected chi connectivity index (χ4v) is 3.45. The van der Waals surface area contributed by atoms with Gasteiger partial charge in [-0.25, -0.2) is 4.39 Å². The maximum Gasteiger partial charge on any atom is 0.247 e. The number of rotatable bonds is 7. The van der Waals surface area contributed by atoms with Crippen molar-refractivity contribution in [2.75, 3.05) is 39.3 Å². The normalized spacial score (nSPS) is 16.6. The smallest absolute Gasteiger partial charge is 0.247 e. The first-order chi connectivity index (χ1) is 14.2. The molecule has 1 aliphatic rings. The molecule has 0 N–H and O–H groups in total. The van der Waals surface area contributed by atoms with Gasteiger partial charge in [0.2, 0.25) is 11.8 Å². The molecular weight excluding hydrogens is 371 g/mol. The van der Waals surface area contributed by atoms with Gasteiger partial charge in [-0.2, -0.15) is 0 Å². The largest absolute Gasteiger partial charge is 0.492 e. The fourth-order valence-electron chi connectivity index (χ4n) is 3.45. The molecule has 0 radical (unpaired) electrons. The topological polar surface area (TPSA) is 54.6 Å². The molecule has 0 bridgehead atoms. The van der Waals surface area contributed by atoms with Crippen LogP contribution in [0.25, 0.3) is 11.5 Å². The summed E-state index contributed by atoms with van der Waals surface area (Å²) in [5.74, 6) is 1.63. The number of ether oxygens (including phenoxy) is 1. The molecule has 2 heterocycles. The lowest BCUT2D eigenvalue weighted by molar-refractivity contribution is 0.0827. The SMILES string of the molecule is C[C@@H](c1nnc(-c2ccc(F)cc2)o1)N1CCN(CCOc2ccccc2)CC1. The highest BCUT2D eigenvalue weighted by Crippen LogP contribution is 2.25. The van der Waals surface area contributed by atoms with Crippen molar-refractivity contribution in [1.82, 2.24) is 20.0 Å². The second-order valence-corrected chi connectivity index (χ2v) is 7.17. The van der Waals surface area contributed by atoms with Gasteiger partial charge in [-0.05, 0) is 43.3 Å². The highest BCUT2D eigenvalue weighted by atomic mass is 19.1. The number of hydrogen-bond donors (Lipinski definition) is 0. The molecule has 0 saturated carbocycles. The molecule has 3 aromatic rings. The third-order valence-corrected chi connectivity index (χ3v) is 5.26. The van der Waals surface area contributed by atoms with Crippen LogP contribution in [0.2, 0.25) is 0 Å². The number of aromatic nitrogens is 2. The molecule has 1 aromatic heterocycles. The number of benzene rings is 2. The molecule has 0 amide bonds. The Morgan fingerprint density at radius 3 is 2.45 bits per heavy atom. The molecular formula is C22H25FN4O2. The van der Waals surface area contributed by atoms with Crippen LogP contribution in [0.5, 0.6) is 5.75 Å². The third kappa shape index (κ3) is 4.99. The molecule has 1 fully saturated rings. The summed E-state index contributed by atoms with van der Waals surface area (Å²) < 4.78 is 24.7. The monoisotopic (exact) mass is 396 g/mol. The van der Waals surface area contributed by atoms with Crippen molar-refractivity contribution in [3.05, 3.63) is 66.3 Å². The summed E-state index contributed by atoms with van der Waals surface area (Å²) in [6, 6.07) is 16.0. The van der Waals surface area contributed by atoms with Crippen LogP contribution in [0.1, 0.15) is 18.9 Å². The van der Waals surface area contributed by atoms with Crippen molar-refractivity contribution >= 4 is 0 Å². The van der Waals surface area contributed by atoms with Crippen LogP contribution in [0.15, 0.2) is 59.0 Å². The lowest BCUT2D eigenvalue weighted by Gasteiger charge is -2.36. The lowest BCUT2D eigenvalue weighted by Crippen LogP contribution is -2.48. The summed E-state index contributed by atoms with van der Waals surface area (Å²) in [5.41, 5.74) is 0.723. The molecule has 1 aliphatic heterocycles. The number of para-hydroxylation sites is 1. The molecule has 7 heteroatoms. The van der Waals surface area contributed by atoms with E-state index in [-0.39, 0.29) is 11.9 Å². The lowest BCUT2D eigenvalue weighted by atomic mass is 10.2. The van der Waals surface area contributed by atoms with Gasteiger partial charge in [-0.15, -0.1) is 10.2 Å². The number of hydrogen-bond acceptors (Lipinski definition) is 6. The zero-order chi connectivity index (χ0) is 20.1. The van der Waals surface area contributed by atoms with E-state index in [0.29, 0.717) is 18.4 Å². The molecule has 2 aromatic carbocycles. The Hall–Kier alpha value is -2.77. The fraction of sp³-hybridized carbons (Fsp3) is 0.364. The first kappa shape index (κ1) is 19.5. The average molecular weight is 396 g/mol. The van der Waals surface area contributed by atoms with Gasteiger partial charge in [0.05, 0.1) is 6.04 Å². The maximum atomic E-state index is 13.1. The highest BCUT2D eigenvalue weighted by molar-refractivity contribution is 5.51. The van der Waals surface area contributed by atoms with E-state index in [1.54, 1.807) is 12.1 Å². The van der Waals surface area contributed by atoms with Crippen molar-refractivity contribution in [2.24, 2.45) is 0 Å². The van der Waals surface area contributed by atoms with Crippen molar-refractivity contribution in [1.29, 1.82) is 0 Å². The molecule has 0 aliphatic carbocycles. The van der Waals surface area contributed by atoms with E-state index in [4.69, 9.17) is 9.15 Å². The van der Waals surface area contributed by atoms with Crippen molar-refractivity contribution in [3.8, 4) is 17.2 Å². The minimum Gasteiger partial charge on any atom is -0.492 e. The zero-order valence-electron chi connectivity index (χ0n) is 16.5. The average Bonchev–Trinajstić information content (AvgIpc) is 3.25. The van der Waals surface area contributed by atoms with Crippen molar-refractivity contribution in [2.45, 2.75) is 13.0 Å². The van der Waals surface area contributed by atoms with Gasteiger partial charge in [0.1, 0.15) is 18.2 Å². The second-order valence-electron chi connectivity index (χ2n) is 7.17. The molecule has 152 valence electrons. The first-order valence-corrected chi connectivity index (χ1v) is 9.92. The molecule has 0 spiro atoms. The van der Waals surface area contributed by atoms with E-state index in [1.165, 1.54) is 12.1 Å². The second kappa shape index (κ2) is 9.15. The predicted molar refractivity (Wildman–Crippen MR) is 108 cm³/mol. The third-order valence-electron chi connectivity index (χ3n) is 5.26. The Morgan fingerprint density at radius 1 is 1.00 bits per heavy atom. The summed E-state index contributed by atoms with van der Waals surface area (Å²) >= 11 is 0. The van der Waals surface area contributed by atoms with Crippen molar-refractivity contribution in [3.63, 3.8) is 0 Å². The molecule has 0 unspecified atom stereocenters. The van der Waals surface area contributed by atoms with Gasteiger partial charge in [0.25, 0.3) is 0 Å². The Labute approximate surface area is 169 Å². The van der Waals surface area contributed by atoms with Gasteiger partial charge >= 0.3 is 0 Å².